The Morgan fingerprint density at radius 3 is 2.41 bits per heavy atom. The SMILES string of the molecule is c1ccc(N2CCN(c3nncc4ccccc34)CC2)nc1. The van der Waals surface area contributed by atoms with E-state index in [1.807, 2.05) is 30.6 Å². The number of pyridine rings is 1. The summed E-state index contributed by atoms with van der Waals surface area (Å²) in [7, 11) is 0. The van der Waals surface area contributed by atoms with Gasteiger partial charge in [0.25, 0.3) is 0 Å². The number of rotatable bonds is 2. The molecule has 0 atom stereocenters. The molecule has 0 radical (unpaired) electrons. The van der Waals surface area contributed by atoms with E-state index in [0.29, 0.717) is 0 Å². The second-order valence-electron chi connectivity index (χ2n) is 5.42. The van der Waals surface area contributed by atoms with Crippen LogP contribution in [0.15, 0.2) is 54.9 Å². The van der Waals surface area contributed by atoms with E-state index in [2.05, 4.69) is 49.2 Å². The molecule has 0 aliphatic carbocycles. The summed E-state index contributed by atoms with van der Waals surface area (Å²) in [6.45, 7) is 3.75. The molecule has 5 nitrogen and oxygen atoms in total. The first-order valence-corrected chi connectivity index (χ1v) is 7.53. The largest absolute Gasteiger partial charge is 0.353 e. The van der Waals surface area contributed by atoms with Crippen LogP contribution in [0.3, 0.4) is 0 Å². The van der Waals surface area contributed by atoms with Crippen molar-refractivity contribution in [2.45, 2.75) is 0 Å². The number of benzene rings is 1. The highest BCUT2D eigenvalue weighted by atomic mass is 15.3. The number of anilines is 2. The third-order valence-corrected chi connectivity index (χ3v) is 4.10. The molecule has 1 fully saturated rings. The first kappa shape index (κ1) is 13.0. The molecule has 5 heteroatoms. The lowest BCUT2D eigenvalue weighted by atomic mass is 10.1. The van der Waals surface area contributed by atoms with Gasteiger partial charge in [-0.2, -0.15) is 5.10 Å². The van der Waals surface area contributed by atoms with Crippen molar-refractivity contribution >= 4 is 22.4 Å². The van der Waals surface area contributed by atoms with Gasteiger partial charge in [-0.25, -0.2) is 4.98 Å². The van der Waals surface area contributed by atoms with E-state index in [1.54, 1.807) is 0 Å². The maximum absolute atomic E-state index is 4.43. The molecule has 0 saturated carbocycles. The topological polar surface area (TPSA) is 45.2 Å². The molecule has 0 amide bonds. The van der Waals surface area contributed by atoms with Gasteiger partial charge in [-0.1, -0.05) is 30.3 Å². The van der Waals surface area contributed by atoms with Gasteiger partial charge < -0.3 is 9.80 Å². The summed E-state index contributed by atoms with van der Waals surface area (Å²) in [6.07, 6.45) is 3.67. The van der Waals surface area contributed by atoms with Gasteiger partial charge in [-0.15, -0.1) is 5.10 Å². The van der Waals surface area contributed by atoms with Crippen molar-refractivity contribution in [1.82, 2.24) is 15.2 Å². The lowest BCUT2D eigenvalue weighted by Crippen LogP contribution is -2.47. The fraction of sp³-hybridized carbons (Fsp3) is 0.235. The Labute approximate surface area is 129 Å². The van der Waals surface area contributed by atoms with Crippen LogP contribution in [0, 0.1) is 0 Å². The number of aromatic nitrogens is 3. The number of piperazine rings is 1. The summed E-state index contributed by atoms with van der Waals surface area (Å²) >= 11 is 0. The van der Waals surface area contributed by atoms with Crippen LogP contribution >= 0.6 is 0 Å². The Balaban J connectivity index is 1.56. The summed E-state index contributed by atoms with van der Waals surface area (Å²) in [6, 6.07) is 14.3. The first-order chi connectivity index (χ1) is 10.9. The Bertz CT molecular complexity index is 761. The van der Waals surface area contributed by atoms with Crippen LogP contribution in [0.25, 0.3) is 10.8 Å². The average molecular weight is 291 g/mol. The van der Waals surface area contributed by atoms with Crippen LogP contribution in [0.5, 0.6) is 0 Å². The van der Waals surface area contributed by atoms with E-state index in [4.69, 9.17) is 0 Å². The van der Waals surface area contributed by atoms with Gasteiger partial charge in [0.05, 0.1) is 6.20 Å². The minimum Gasteiger partial charge on any atom is -0.353 e. The number of nitrogens with zero attached hydrogens (tertiary/aromatic N) is 5. The molecule has 0 unspecified atom stereocenters. The quantitative estimate of drug-likeness (QED) is 0.725. The van der Waals surface area contributed by atoms with Crippen molar-refractivity contribution in [2.24, 2.45) is 0 Å². The van der Waals surface area contributed by atoms with E-state index in [1.165, 1.54) is 5.39 Å². The first-order valence-electron chi connectivity index (χ1n) is 7.53. The van der Waals surface area contributed by atoms with E-state index in [-0.39, 0.29) is 0 Å². The van der Waals surface area contributed by atoms with Gasteiger partial charge in [0.15, 0.2) is 5.82 Å². The van der Waals surface area contributed by atoms with E-state index in [9.17, 15) is 0 Å². The molecule has 110 valence electrons. The van der Waals surface area contributed by atoms with Crippen molar-refractivity contribution in [2.75, 3.05) is 36.0 Å². The molecular weight excluding hydrogens is 274 g/mol. The second kappa shape index (κ2) is 5.60. The molecule has 1 aliphatic rings. The molecule has 3 heterocycles. The van der Waals surface area contributed by atoms with Gasteiger partial charge >= 0.3 is 0 Å². The maximum atomic E-state index is 4.43. The van der Waals surface area contributed by atoms with Crippen molar-refractivity contribution in [1.29, 1.82) is 0 Å². The smallest absolute Gasteiger partial charge is 0.159 e. The predicted octanol–water partition coefficient (Wildman–Crippen LogP) is 2.35. The molecule has 1 aliphatic heterocycles. The predicted molar refractivity (Wildman–Crippen MR) is 88.2 cm³/mol. The summed E-state index contributed by atoms with van der Waals surface area (Å²) in [5.74, 6) is 2.03. The van der Waals surface area contributed by atoms with Crippen molar-refractivity contribution in [3.63, 3.8) is 0 Å². The Morgan fingerprint density at radius 1 is 0.818 bits per heavy atom. The molecule has 0 N–H and O–H groups in total. The standard InChI is InChI=1S/C17H17N5/c1-2-6-15-14(5-1)13-19-20-17(15)22-11-9-21(10-12-22)16-7-3-4-8-18-16/h1-8,13H,9-12H2. The molecule has 3 aromatic rings. The van der Waals surface area contributed by atoms with Crippen LogP contribution in [0.2, 0.25) is 0 Å². The van der Waals surface area contributed by atoms with Crippen LogP contribution in [-0.2, 0) is 0 Å². The Hall–Kier alpha value is -2.69. The monoisotopic (exact) mass is 291 g/mol. The van der Waals surface area contributed by atoms with Crippen LogP contribution in [0.1, 0.15) is 0 Å². The zero-order valence-corrected chi connectivity index (χ0v) is 12.3. The summed E-state index contributed by atoms with van der Waals surface area (Å²) in [5.41, 5.74) is 0. The minimum atomic E-state index is 0.930. The van der Waals surface area contributed by atoms with E-state index in [0.717, 1.165) is 43.2 Å². The molecule has 22 heavy (non-hydrogen) atoms. The molecule has 0 spiro atoms. The van der Waals surface area contributed by atoms with E-state index < -0.39 is 0 Å². The maximum Gasteiger partial charge on any atom is 0.159 e. The van der Waals surface area contributed by atoms with Crippen LogP contribution in [-0.4, -0.2) is 41.4 Å². The normalized spacial score (nSPS) is 15.3. The molecule has 2 aromatic heterocycles. The molecular formula is C17H17N5. The van der Waals surface area contributed by atoms with Crippen molar-refractivity contribution in [3.05, 3.63) is 54.9 Å². The number of fused-ring (bicyclic) bond motifs is 1. The lowest BCUT2D eigenvalue weighted by Gasteiger charge is -2.36. The van der Waals surface area contributed by atoms with Crippen LogP contribution in [0.4, 0.5) is 11.6 Å². The Kier molecular flexibility index (Phi) is 3.31. The van der Waals surface area contributed by atoms with E-state index >= 15 is 0 Å². The second-order valence-corrected chi connectivity index (χ2v) is 5.42. The third kappa shape index (κ3) is 2.35. The fourth-order valence-corrected chi connectivity index (χ4v) is 2.93. The summed E-state index contributed by atoms with van der Waals surface area (Å²) in [4.78, 5) is 9.06. The fourth-order valence-electron chi connectivity index (χ4n) is 2.93. The minimum absolute atomic E-state index is 0.930. The van der Waals surface area contributed by atoms with Crippen molar-refractivity contribution < 1.29 is 0 Å². The summed E-state index contributed by atoms with van der Waals surface area (Å²) < 4.78 is 0. The highest BCUT2D eigenvalue weighted by molar-refractivity contribution is 5.91. The highest BCUT2D eigenvalue weighted by Crippen LogP contribution is 2.24. The zero-order chi connectivity index (χ0) is 14.8. The molecule has 1 aromatic carbocycles. The number of hydrogen-bond donors (Lipinski definition) is 0. The zero-order valence-electron chi connectivity index (χ0n) is 12.3. The van der Waals surface area contributed by atoms with Gasteiger partial charge in [0.2, 0.25) is 0 Å². The van der Waals surface area contributed by atoms with Crippen LogP contribution < -0.4 is 9.80 Å². The van der Waals surface area contributed by atoms with Gasteiger partial charge in [-0.05, 0) is 12.1 Å². The molecule has 4 rings (SSSR count). The van der Waals surface area contributed by atoms with Crippen molar-refractivity contribution in [3.8, 4) is 0 Å². The lowest BCUT2D eigenvalue weighted by molar-refractivity contribution is 0.640. The number of hydrogen-bond acceptors (Lipinski definition) is 5. The summed E-state index contributed by atoms with van der Waals surface area (Å²) in [5, 5.41) is 10.8. The third-order valence-electron chi connectivity index (χ3n) is 4.10. The molecule has 0 bridgehead atoms. The highest BCUT2D eigenvalue weighted by Gasteiger charge is 2.20. The average Bonchev–Trinajstić information content (AvgIpc) is 2.62. The van der Waals surface area contributed by atoms with Gasteiger partial charge in [0.1, 0.15) is 5.82 Å². The molecule has 1 saturated heterocycles. The Morgan fingerprint density at radius 2 is 1.59 bits per heavy atom. The van der Waals surface area contributed by atoms with Gasteiger partial charge in [0, 0.05) is 43.1 Å². The van der Waals surface area contributed by atoms with Gasteiger partial charge in [-0.3, -0.25) is 0 Å².